The van der Waals surface area contributed by atoms with Crippen LogP contribution in [-0.4, -0.2) is 22.7 Å². The third-order valence-electron chi connectivity index (χ3n) is 6.74. The molecule has 1 aliphatic carbocycles. The minimum absolute atomic E-state index is 0.0202. The molecule has 0 saturated carbocycles. The molecule has 0 saturated heterocycles. The van der Waals surface area contributed by atoms with E-state index in [1.165, 1.54) is 6.07 Å². The van der Waals surface area contributed by atoms with Crippen molar-refractivity contribution < 1.29 is 28.2 Å². The van der Waals surface area contributed by atoms with Gasteiger partial charge in [-0.25, -0.2) is 4.39 Å². The van der Waals surface area contributed by atoms with Gasteiger partial charge < -0.3 is 19.0 Å². The van der Waals surface area contributed by atoms with Gasteiger partial charge in [-0.1, -0.05) is 18.2 Å². The number of fused-ring (bicyclic) bond motifs is 2. The molecule has 2 aromatic heterocycles. The number of aromatic nitrogens is 1. The number of halogens is 1. The molecule has 4 aromatic rings. The number of furan rings is 1. The summed E-state index contributed by atoms with van der Waals surface area (Å²) in [5, 5.41) is 9.11. The van der Waals surface area contributed by atoms with Crippen LogP contribution < -0.4 is 9.47 Å². The van der Waals surface area contributed by atoms with Crippen LogP contribution in [0.15, 0.2) is 71.7 Å². The van der Waals surface area contributed by atoms with Crippen LogP contribution >= 0.6 is 0 Å². The smallest absolute Gasteiger partial charge is 0.304 e. The van der Waals surface area contributed by atoms with E-state index in [0.29, 0.717) is 36.5 Å². The van der Waals surface area contributed by atoms with Crippen LogP contribution in [0.5, 0.6) is 11.5 Å². The second kappa shape index (κ2) is 8.58. The highest BCUT2D eigenvalue weighted by Gasteiger charge is 2.32. The lowest BCUT2D eigenvalue weighted by Crippen LogP contribution is -2.07. The summed E-state index contributed by atoms with van der Waals surface area (Å²) in [6, 6.07) is 14.4. The molecule has 176 valence electrons. The predicted octanol–water partition coefficient (Wildman–Crippen LogP) is 6.16. The number of nitrogens with zero attached hydrogens (tertiary/aromatic N) is 1. The molecule has 1 N–H and O–H groups in total. The zero-order chi connectivity index (χ0) is 23.9. The van der Waals surface area contributed by atoms with Crippen molar-refractivity contribution in [3.63, 3.8) is 0 Å². The lowest BCUT2D eigenvalue weighted by molar-refractivity contribution is -0.137. The number of benzene rings is 2. The van der Waals surface area contributed by atoms with Gasteiger partial charge in [-0.2, -0.15) is 0 Å². The first-order valence-corrected chi connectivity index (χ1v) is 11.5. The highest BCUT2D eigenvalue weighted by Crippen LogP contribution is 2.45. The maximum atomic E-state index is 15.1. The molecule has 0 unspecified atom stereocenters. The number of hydrogen-bond acceptors (Lipinski definition) is 5. The quantitative estimate of drug-likeness (QED) is 0.362. The van der Waals surface area contributed by atoms with Crippen LogP contribution in [0, 0.1) is 5.82 Å². The SMILES string of the molecule is O=C(O)C[C@@H]1COc2cc(O[C@@H]3CCc4c(-c5cccnc5-c5ccoc5)ccc(F)c43)ccc21. The number of aliphatic carboxylic acids is 1. The van der Waals surface area contributed by atoms with Gasteiger partial charge in [-0.15, -0.1) is 0 Å². The van der Waals surface area contributed by atoms with E-state index in [9.17, 15) is 4.79 Å². The van der Waals surface area contributed by atoms with Gasteiger partial charge >= 0.3 is 5.97 Å². The van der Waals surface area contributed by atoms with Gasteiger partial charge in [0.05, 0.1) is 31.2 Å². The van der Waals surface area contributed by atoms with Crippen molar-refractivity contribution >= 4 is 5.97 Å². The van der Waals surface area contributed by atoms with Crippen LogP contribution in [-0.2, 0) is 11.2 Å². The Balaban J connectivity index is 1.32. The Morgan fingerprint density at radius 3 is 2.91 bits per heavy atom. The summed E-state index contributed by atoms with van der Waals surface area (Å²) in [7, 11) is 0. The molecule has 2 aliphatic rings. The van der Waals surface area contributed by atoms with Crippen molar-refractivity contribution in [1.82, 2.24) is 4.98 Å². The predicted molar refractivity (Wildman–Crippen MR) is 126 cm³/mol. The normalized spacial score (nSPS) is 18.1. The fraction of sp³-hybridized carbons (Fsp3) is 0.214. The first-order chi connectivity index (χ1) is 17.1. The lowest BCUT2D eigenvalue weighted by atomic mass is 9.94. The molecule has 0 amide bonds. The van der Waals surface area contributed by atoms with Crippen molar-refractivity contribution in [1.29, 1.82) is 0 Å². The Hall–Kier alpha value is -4.13. The Kier molecular flexibility index (Phi) is 5.25. The summed E-state index contributed by atoms with van der Waals surface area (Å²) in [4.78, 5) is 15.7. The molecular weight excluding hydrogens is 449 g/mol. The summed E-state index contributed by atoms with van der Waals surface area (Å²) in [5.41, 5.74) is 5.85. The van der Waals surface area contributed by atoms with Crippen molar-refractivity contribution in [3.05, 3.63) is 89.8 Å². The zero-order valence-electron chi connectivity index (χ0n) is 18.7. The number of pyridine rings is 1. The first kappa shape index (κ1) is 21.4. The minimum atomic E-state index is -0.856. The Labute approximate surface area is 201 Å². The van der Waals surface area contributed by atoms with Crippen molar-refractivity contribution in [2.75, 3.05) is 6.61 Å². The number of hydrogen-bond donors (Lipinski definition) is 1. The molecule has 0 fully saturated rings. The molecule has 0 radical (unpaired) electrons. The second-order valence-electron chi connectivity index (χ2n) is 8.85. The number of rotatable bonds is 6. The van der Waals surface area contributed by atoms with E-state index in [-0.39, 0.29) is 18.2 Å². The van der Waals surface area contributed by atoms with E-state index in [2.05, 4.69) is 4.98 Å². The van der Waals surface area contributed by atoms with E-state index >= 15 is 4.39 Å². The van der Waals surface area contributed by atoms with Crippen molar-refractivity contribution in [2.24, 2.45) is 0 Å². The van der Waals surface area contributed by atoms with E-state index in [1.807, 2.05) is 30.3 Å². The maximum absolute atomic E-state index is 15.1. The average molecular weight is 471 g/mol. The van der Waals surface area contributed by atoms with Gasteiger partial charge in [0, 0.05) is 40.4 Å². The third-order valence-corrected chi connectivity index (χ3v) is 6.74. The molecule has 7 heteroatoms. The topological polar surface area (TPSA) is 81.8 Å². The Morgan fingerprint density at radius 1 is 1.17 bits per heavy atom. The molecule has 1 aliphatic heterocycles. The summed E-state index contributed by atoms with van der Waals surface area (Å²) >= 11 is 0. The van der Waals surface area contributed by atoms with E-state index in [1.54, 1.807) is 30.9 Å². The molecule has 6 rings (SSSR count). The Bertz CT molecular complexity index is 1420. The number of carboxylic acid groups (broad SMARTS) is 1. The number of carboxylic acids is 1. The monoisotopic (exact) mass is 471 g/mol. The van der Waals surface area contributed by atoms with Crippen LogP contribution in [0.2, 0.25) is 0 Å². The van der Waals surface area contributed by atoms with E-state index in [4.69, 9.17) is 19.0 Å². The number of ether oxygens (including phenoxy) is 2. The van der Waals surface area contributed by atoms with E-state index in [0.717, 1.165) is 33.5 Å². The van der Waals surface area contributed by atoms with Gasteiger partial charge in [0.15, 0.2) is 0 Å². The molecule has 0 spiro atoms. The van der Waals surface area contributed by atoms with Crippen molar-refractivity contribution in [3.8, 4) is 33.9 Å². The summed E-state index contributed by atoms with van der Waals surface area (Å²) in [6.07, 6.45) is 5.90. The summed E-state index contributed by atoms with van der Waals surface area (Å²) in [5.74, 6) is -0.124. The fourth-order valence-electron chi connectivity index (χ4n) is 5.17. The zero-order valence-corrected chi connectivity index (χ0v) is 18.7. The second-order valence-corrected chi connectivity index (χ2v) is 8.85. The van der Waals surface area contributed by atoms with Gasteiger partial charge in [0.1, 0.15) is 23.4 Å². The Morgan fingerprint density at radius 2 is 2.09 bits per heavy atom. The van der Waals surface area contributed by atoms with Gasteiger partial charge in [0.25, 0.3) is 0 Å². The van der Waals surface area contributed by atoms with Crippen LogP contribution in [0.25, 0.3) is 22.4 Å². The van der Waals surface area contributed by atoms with Crippen LogP contribution in [0.3, 0.4) is 0 Å². The standard InChI is InChI=1S/C28H22FNO5/c29-23-7-5-20(22-2-1-10-30-28(22)16-9-11-33-14-16)21-6-8-24(27(21)23)35-18-3-4-19-17(12-26(31)32)15-34-25(19)13-18/h1-5,7,9-11,13-14,17,24H,6,8,12,15H2,(H,31,32)/t17-,24-/m1/s1. The van der Waals surface area contributed by atoms with Gasteiger partial charge in [0.2, 0.25) is 0 Å². The van der Waals surface area contributed by atoms with Gasteiger partial charge in [-0.05, 0) is 48.2 Å². The highest BCUT2D eigenvalue weighted by molar-refractivity contribution is 5.83. The van der Waals surface area contributed by atoms with Crippen LogP contribution in [0.1, 0.15) is 41.6 Å². The maximum Gasteiger partial charge on any atom is 0.304 e. The minimum Gasteiger partial charge on any atom is -0.492 e. The molecule has 2 atom stereocenters. The molecule has 0 bridgehead atoms. The average Bonchev–Trinajstić information content (AvgIpc) is 3.61. The molecule has 2 aromatic carbocycles. The van der Waals surface area contributed by atoms with Crippen LogP contribution in [0.4, 0.5) is 4.39 Å². The fourth-order valence-corrected chi connectivity index (χ4v) is 5.17. The van der Waals surface area contributed by atoms with E-state index < -0.39 is 12.1 Å². The highest BCUT2D eigenvalue weighted by atomic mass is 19.1. The molecule has 3 heterocycles. The molecule has 6 nitrogen and oxygen atoms in total. The van der Waals surface area contributed by atoms with Crippen molar-refractivity contribution in [2.45, 2.75) is 31.3 Å². The third kappa shape index (κ3) is 3.83. The lowest BCUT2D eigenvalue weighted by Gasteiger charge is -2.18. The molecule has 35 heavy (non-hydrogen) atoms. The summed E-state index contributed by atoms with van der Waals surface area (Å²) in [6.45, 7) is 0.333. The van der Waals surface area contributed by atoms with Gasteiger partial charge in [-0.3, -0.25) is 9.78 Å². The largest absolute Gasteiger partial charge is 0.492 e. The first-order valence-electron chi connectivity index (χ1n) is 11.5. The molecular formula is C28H22FNO5. The summed E-state index contributed by atoms with van der Waals surface area (Å²) < 4.78 is 32.3. The number of carbonyl (C=O) groups is 1.